The number of nitrogens with zero attached hydrogens (tertiary/aromatic N) is 3. The number of aromatic carboxylic acids is 1. The van der Waals surface area contributed by atoms with Crippen LogP contribution in [-0.2, 0) is 17.9 Å². The lowest BCUT2D eigenvalue weighted by molar-refractivity contribution is -0.122. The van der Waals surface area contributed by atoms with Gasteiger partial charge in [-0.05, 0) is 18.4 Å². The van der Waals surface area contributed by atoms with Gasteiger partial charge in [0.05, 0.1) is 12.2 Å². The number of carbonyl (C=O) groups is 2. The molecule has 2 heterocycles. The smallest absolute Gasteiger partial charge is 0.358 e. The number of hydrogen-bond donors (Lipinski definition) is 2. The van der Waals surface area contributed by atoms with Crippen LogP contribution in [-0.4, -0.2) is 32.0 Å². The summed E-state index contributed by atoms with van der Waals surface area (Å²) in [7, 11) is 0. The minimum absolute atomic E-state index is 0.0442. The van der Waals surface area contributed by atoms with Crippen LogP contribution < -0.4 is 5.32 Å². The van der Waals surface area contributed by atoms with Gasteiger partial charge in [-0.2, -0.15) is 0 Å². The van der Waals surface area contributed by atoms with Gasteiger partial charge in [0.25, 0.3) is 0 Å². The Morgan fingerprint density at radius 2 is 2.32 bits per heavy atom. The van der Waals surface area contributed by atoms with Crippen molar-refractivity contribution in [2.24, 2.45) is 0 Å². The third kappa shape index (κ3) is 3.16. The van der Waals surface area contributed by atoms with Crippen molar-refractivity contribution in [3.8, 4) is 0 Å². The Balaban J connectivity index is 1.93. The zero-order valence-corrected chi connectivity index (χ0v) is 11.0. The average molecular weight is 280 g/mol. The second-order valence-corrected chi connectivity index (χ2v) is 4.87. The van der Waals surface area contributed by atoms with Gasteiger partial charge in [0.1, 0.15) is 6.54 Å². The number of carboxylic acid groups (broad SMARTS) is 1. The molecule has 0 fully saturated rings. The molecular weight excluding hydrogens is 268 g/mol. The molecule has 2 rings (SSSR count). The molecule has 2 aromatic heterocycles. The van der Waals surface area contributed by atoms with Crippen molar-refractivity contribution in [2.45, 2.75) is 20.0 Å². The van der Waals surface area contributed by atoms with Crippen molar-refractivity contribution in [3.05, 3.63) is 33.8 Å². The molecule has 1 amide bonds. The number of carbonyl (C=O) groups excluding carboxylic acids is 1. The molecule has 7 nitrogen and oxygen atoms in total. The first kappa shape index (κ1) is 13.2. The Bertz CT molecular complexity index is 591. The molecule has 8 heteroatoms. The second kappa shape index (κ2) is 5.61. The van der Waals surface area contributed by atoms with Crippen LogP contribution in [0.2, 0.25) is 0 Å². The minimum atomic E-state index is -1.15. The van der Waals surface area contributed by atoms with Crippen LogP contribution in [0.1, 0.15) is 21.1 Å². The van der Waals surface area contributed by atoms with E-state index in [1.807, 2.05) is 17.5 Å². The first-order chi connectivity index (χ1) is 9.08. The van der Waals surface area contributed by atoms with E-state index < -0.39 is 5.97 Å². The van der Waals surface area contributed by atoms with Gasteiger partial charge in [0.15, 0.2) is 5.69 Å². The predicted octanol–water partition coefficient (Wildman–Crippen LogP) is 0.663. The van der Waals surface area contributed by atoms with E-state index >= 15 is 0 Å². The molecule has 100 valence electrons. The van der Waals surface area contributed by atoms with Crippen LogP contribution in [0.4, 0.5) is 0 Å². The lowest BCUT2D eigenvalue weighted by Gasteiger charge is -2.04. The summed E-state index contributed by atoms with van der Waals surface area (Å²) in [5, 5.41) is 20.7. The van der Waals surface area contributed by atoms with E-state index in [-0.39, 0.29) is 18.1 Å². The maximum atomic E-state index is 11.7. The van der Waals surface area contributed by atoms with Gasteiger partial charge >= 0.3 is 5.97 Å². The van der Waals surface area contributed by atoms with Crippen molar-refractivity contribution in [3.63, 3.8) is 0 Å². The standard InChI is InChI=1S/C11H12N4O3S/c1-7-10(11(17)18)13-14-15(7)6-9(16)12-5-8-3-2-4-19-8/h2-4H,5-6H2,1H3,(H,12,16)(H,17,18). The molecule has 0 saturated carbocycles. The van der Waals surface area contributed by atoms with Crippen LogP contribution in [0, 0.1) is 6.92 Å². The molecule has 0 radical (unpaired) electrons. The van der Waals surface area contributed by atoms with E-state index in [2.05, 4.69) is 15.6 Å². The number of aromatic nitrogens is 3. The number of hydrogen-bond acceptors (Lipinski definition) is 5. The molecule has 0 unspecified atom stereocenters. The van der Waals surface area contributed by atoms with Gasteiger partial charge in [0.2, 0.25) is 5.91 Å². The maximum absolute atomic E-state index is 11.7. The summed E-state index contributed by atoms with van der Waals surface area (Å²) in [5.74, 6) is -1.39. The number of nitrogens with one attached hydrogen (secondary N) is 1. The molecule has 0 aliphatic rings. The van der Waals surface area contributed by atoms with Gasteiger partial charge < -0.3 is 10.4 Å². The molecule has 0 aromatic carbocycles. The van der Waals surface area contributed by atoms with Crippen molar-refractivity contribution in [1.82, 2.24) is 20.3 Å². The number of carboxylic acids is 1. The fraction of sp³-hybridized carbons (Fsp3) is 0.273. The molecule has 0 aliphatic carbocycles. The molecule has 2 N–H and O–H groups in total. The molecular formula is C11H12N4O3S. The second-order valence-electron chi connectivity index (χ2n) is 3.84. The highest BCUT2D eigenvalue weighted by Gasteiger charge is 2.16. The zero-order valence-electron chi connectivity index (χ0n) is 10.2. The molecule has 0 saturated heterocycles. The highest BCUT2D eigenvalue weighted by atomic mass is 32.1. The van der Waals surface area contributed by atoms with Crippen LogP contribution >= 0.6 is 11.3 Å². The third-order valence-electron chi connectivity index (χ3n) is 2.52. The van der Waals surface area contributed by atoms with Gasteiger partial charge in [-0.15, -0.1) is 16.4 Å². The van der Waals surface area contributed by atoms with E-state index in [1.165, 1.54) is 4.68 Å². The van der Waals surface area contributed by atoms with E-state index in [0.29, 0.717) is 12.2 Å². The summed E-state index contributed by atoms with van der Waals surface area (Å²) in [6, 6.07) is 3.83. The first-order valence-electron chi connectivity index (χ1n) is 5.50. The Hall–Kier alpha value is -2.22. The van der Waals surface area contributed by atoms with Gasteiger partial charge in [-0.3, -0.25) is 4.79 Å². The SMILES string of the molecule is Cc1c(C(=O)O)nnn1CC(=O)NCc1cccs1. The minimum Gasteiger partial charge on any atom is -0.476 e. The lowest BCUT2D eigenvalue weighted by atomic mass is 10.3. The van der Waals surface area contributed by atoms with Crippen LogP contribution in [0.25, 0.3) is 0 Å². The maximum Gasteiger partial charge on any atom is 0.358 e. The molecule has 0 atom stereocenters. The average Bonchev–Trinajstić information content (AvgIpc) is 2.98. The van der Waals surface area contributed by atoms with Crippen molar-refractivity contribution >= 4 is 23.2 Å². The Morgan fingerprint density at radius 1 is 1.53 bits per heavy atom. The topological polar surface area (TPSA) is 97.1 Å². The van der Waals surface area contributed by atoms with Crippen LogP contribution in [0.15, 0.2) is 17.5 Å². The van der Waals surface area contributed by atoms with E-state index in [0.717, 1.165) is 4.88 Å². The first-order valence-corrected chi connectivity index (χ1v) is 6.38. The monoisotopic (exact) mass is 280 g/mol. The number of rotatable bonds is 5. The molecule has 0 spiro atoms. The summed E-state index contributed by atoms with van der Waals surface area (Å²) in [4.78, 5) is 23.5. The zero-order chi connectivity index (χ0) is 13.8. The van der Waals surface area contributed by atoms with Crippen molar-refractivity contribution < 1.29 is 14.7 Å². The summed E-state index contributed by atoms with van der Waals surface area (Å²) < 4.78 is 1.27. The van der Waals surface area contributed by atoms with Gasteiger partial charge in [-0.1, -0.05) is 11.3 Å². The van der Waals surface area contributed by atoms with Gasteiger partial charge in [0, 0.05) is 4.88 Å². The largest absolute Gasteiger partial charge is 0.476 e. The van der Waals surface area contributed by atoms with E-state index in [1.54, 1.807) is 18.3 Å². The third-order valence-corrected chi connectivity index (χ3v) is 3.39. The Morgan fingerprint density at radius 3 is 2.89 bits per heavy atom. The molecule has 0 bridgehead atoms. The lowest BCUT2D eigenvalue weighted by Crippen LogP contribution is -2.27. The Labute approximate surface area is 112 Å². The van der Waals surface area contributed by atoms with Crippen LogP contribution in [0.3, 0.4) is 0 Å². The molecule has 2 aromatic rings. The fourth-order valence-electron chi connectivity index (χ4n) is 1.50. The quantitative estimate of drug-likeness (QED) is 0.838. The molecule has 19 heavy (non-hydrogen) atoms. The van der Waals surface area contributed by atoms with Crippen molar-refractivity contribution in [1.29, 1.82) is 0 Å². The highest BCUT2D eigenvalue weighted by Crippen LogP contribution is 2.07. The summed E-state index contributed by atoms with van der Waals surface area (Å²) in [6.07, 6.45) is 0. The fourth-order valence-corrected chi connectivity index (χ4v) is 2.14. The summed E-state index contributed by atoms with van der Waals surface area (Å²) in [5.41, 5.74) is 0.227. The normalized spacial score (nSPS) is 10.4. The highest BCUT2D eigenvalue weighted by molar-refractivity contribution is 7.09. The Kier molecular flexibility index (Phi) is 3.91. The summed E-state index contributed by atoms with van der Waals surface area (Å²) in [6.45, 7) is 1.98. The number of thiophene rings is 1. The summed E-state index contributed by atoms with van der Waals surface area (Å²) >= 11 is 1.56. The van der Waals surface area contributed by atoms with Crippen molar-refractivity contribution in [2.75, 3.05) is 0 Å². The van der Waals surface area contributed by atoms with E-state index in [4.69, 9.17) is 5.11 Å². The van der Waals surface area contributed by atoms with Gasteiger partial charge in [-0.25, -0.2) is 9.48 Å². The molecule has 0 aliphatic heterocycles. The van der Waals surface area contributed by atoms with Crippen LogP contribution in [0.5, 0.6) is 0 Å². The van der Waals surface area contributed by atoms with E-state index in [9.17, 15) is 9.59 Å². The number of amides is 1. The predicted molar refractivity (Wildman–Crippen MR) is 67.9 cm³/mol.